The average molecular weight is 379 g/mol. The summed E-state index contributed by atoms with van der Waals surface area (Å²) in [6.07, 6.45) is 6.42. The molecule has 0 unspecified atom stereocenters. The molecular formula is C19H21N7O2. The molecule has 3 heterocycles. The van der Waals surface area contributed by atoms with E-state index >= 15 is 0 Å². The van der Waals surface area contributed by atoms with Crippen molar-refractivity contribution in [2.45, 2.75) is 25.3 Å². The van der Waals surface area contributed by atoms with E-state index in [4.69, 9.17) is 0 Å². The van der Waals surface area contributed by atoms with Gasteiger partial charge in [-0.1, -0.05) is 18.2 Å². The van der Waals surface area contributed by atoms with E-state index in [-0.39, 0.29) is 24.1 Å². The Hall–Kier alpha value is -3.33. The fourth-order valence-electron chi connectivity index (χ4n) is 3.37. The number of carbonyl (C=O) groups is 1. The third kappa shape index (κ3) is 3.84. The number of anilines is 1. The van der Waals surface area contributed by atoms with Crippen molar-refractivity contribution in [1.82, 2.24) is 29.6 Å². The molecule has 9 nitrogen and oxygen atoms in total. The Balaban J connectivity index is 1.65. The molecule has 0 aliphatic carbocycles. The maximum Gasteiger partial charge on any atom is 0.351 e. The smallest absolute Gasteiger partial charge is 0.316 e. The van der Waals surface area contributed by atoms with Gasteiger partial charge in [0, 0.05) is 24.9 Å². The summed E-state index contributed by atoms with van der Waals surface area (Å²) in [4.78, 5) is 33.3. The van der Waals surface area contributed by atoms with Crippen molar-refractivity contribution in [2.75, 3.05) is 18.4 Å². The molecule has 1 saturated heterocycles. The van der Waals surface area contributed by atoms with E-state index in [0.29, 0.717) is 11.6 Å². The molecule has 1 aromatic carbocycles. The second-order valence-corrected chi connectivity index (χ2v) is 6.65. The first kappa shape index (κ1) is 18.1. The van der Waals surface area contributed by atoms with Gasteiger partial charge >= 0.3 is 5.69 Å². The van der Waals surface area contributed by atoms with E-state index in [2.05, 4.69) is 25.7 Å². The highest BCUT2D eigenvalue weighted by molar-refractivity contribution is 5.89. The summed E-state index contributed by atoms with van der Waals surface area (Å²) >= 11 is 0. The van der Waals surface area contributed by atoms with Gasteiger partial charge in [0.15, 0.2) is 5.82 Å². The Morgan fingerprint density at radius 3 is 2.82 bits per heavy atom. The van der Waals surface area contributed by atoms with Gasteiger partial charge in [-0.2, -0.15) is 5.10 Å². The summed E-state index contributed by atoms with van der Waals surface area (Å²) < 4.78 is 2.82. The van der Waals surface area contributed by atoms with E-state index in [0.717, 1.165) is 31.6 Å². The Bertz CT molecular complexity index is 992. The number of nitrogens with one attached hydrogen (secondary N) is 2. The van der Waals surface area contributed by atoms with E-state index in [1.54, 1.807) is 4.57 Å². The van der Waals surface area contributed by atoms with Gasteiger partial charge in [-0.05, 0) is 31.5 Å². The number of hydrogen-bond acceptors (Lipinski definition) is 6. The lowest BCUT2D eigenvalue weighted by Gasteiger charge is -2.22. The highest BCUT2D eigenvalue weighted by Gasteiger charge is 2.25. The third-order valence-electron chi connectivity index (χ3n) is 4.66. The van der Waals surface area contributed by atoms with E-state index < -0.39 is 0 Å². The monoisotopic (exact) mass is 379 g/mol. The fraction of sp³-hybridized carbons (Fsp3) is 0.316. The maximum absolute atomic E-state index is 13.1. The van der Waals surface area contributed by atoms with Crippen LogP contribution >= 0.6 is 0 Å². The number of hydrogen-bond donors (Lipinski definition) is 2. The Labute approximate surface area is 161 Å². The number of para-hydroxylation sites is 1. The van der Waals surface area contributed by atoms with Gasteiger partial charge in [0.25, 0.3) is 0 Å². The topological polar surface area (TPSA) is 107 Å². The normalized spacial score (nSPS) is 16.6. The predicted molar refractivity (Wildman–Crippen MR) is 103 cm³/mol. The van der Waals surface area contributed by atoms with Gasteiger partial charge in [-0.15, -0.1) is 0 Å². The molecule has 2 N–H and O–H groups in total. The zero-order valence-corrected chi connectivity index (χ0v) is 15.3. The van der Waals surface area contributed by atoms with Crippen LogP contribution in [0.15, 0.2) is 53.7 Å². The SMILES string of the molecule is O=C(Cn1nc([C@@H]2CCCNC2)n(-c2ccccc2)c1=O)Nc1cnccn1. The molecule has 144 valence electrons. The summed E-state index contributed by atoms with van der Waals surface area (Å²) in [5.41, 5.74) is 0.412. The summed E-state index contributed by atoms with van der Waals surface area (Å²) in [6.45, 7) is 1.53. The summed E-state index contributed by atoms with van der Waals surface area (Å²) in [5, 5.41) is 10.5. The lowest BCUT2D eigenvalue weighted by atomic mass is 9.99. The first-order valence-corrected chi connectivity index (χ1v) is 9.24. The van der Waals surface area contributed by atoms with Crippen LogP contribution in [-0.4, -0.2) is 43.3 Å². The first-order chi connectivity index (χ1) is 13.7. The molecule has 1 amide bonds. The van der Waals surface area contributed by atoms with Crippen LogP contribution < -0.4 is 16.3 Å². The van der Waals surface area contributed by atoms with Crippen molar-refractivity contribution in [1.29, 1.82) is 0 Å². The van der Waals surface area contributed by atoms with Crippen molar-refractivity contribution in [3.05, 3.63) is 65.2 Å². The molecule has 1 aliphatic rings. The number of piperidine rings is 1. The number of carbonyl (C=O) groups excluding carboxylic acids is 1. The lowest BCUT2D eigenvalue weighted by molar-refractivity contribution is -0.117. The molecule has 0 spiro atoms. The molecular weight excluding hydrogens is 358 g/mol. The standard InChI is InChI=1S/C19H21N7O2/c27-17(23-16-12-21-9-10-22-16)13-25-19(28)26(15-6-2-1-3-7-15)18(24-25)14-5-4-8-20-11-14/h1-3,6-7,9-10,12,14,20H,4-5,8,11,13H2,(H,22,23,27)/t14-/m1/s1. The molecule has 1 aliphatic heterocycles. The predicted octanol–water partition coefficient (Wildman–Crippen LogP) is 0.930. The summed E-state index contributed by atoms with van der Waals surface area (Å²) in [7, 11) is 0. The van der Waals surface area contributed by atoms with Crippen LogP contribution in [0.5, 0.6) is 0 Å². The van der Waals surface area contributed by atoms with Gasteiger partial charge in [-0.3, -0.25) is 9.78 Å². The second-order valence-electron chi connectivity index (χ2n) is 6.65. The Morgan fingerprint density at radius 2 is 2.11 bits per heavy atom. The second kappa shape index (κ2) is 8.13. The number of rotatable bonds is 5. The molecule has 1 atom stereocenters. The maximum atomic E-state index is 13.1. The van der Waals surface area contributed by atoms with E-state index in [9.17, 15) is 9.59 Å². The van der Waals surface area contributed by atoms with Crippen LogP contribution in [0.4, 0.5) is 5.82 Å². The molecule has 0 bridgehead atoms. The molecule has 2 aromatic heterocycles. The highest BCUT2D eigenvalue weighted by atomic mass is 16.2. The van der Waals surface area contributed by atoms with Gasteiger partial charge < -0.3 is 10.6 Å². The zero-order valence-electron chi connectivity index (χ0n) is 15.3. The minimum absolute atomic E-state index is 0.117. The molecule has 9 heteroatoms. The van der Waals surface area contributed by atoms with Gasteiger partial charge in [0.1, 0.15) is 12.4 Å². The molecule has 1 fully saturated rings. The minimum atomic E-state index is -0.381. The molecule has 4 rings (SSSR count). The van der Waals surface area contributed by atoms with Crippen molar-refractivity contribution in [3.8, 4) is 5.69 Å². The highest BCUT2D eigenvalue weighted by Crippen LogP contribution is 2.22. The van der Waals surface area contributed by atoms with Crippen molar-refractivity contribution in [3.63, 3.8) is 0 Å². The van der Waals surface area contributed by atoms with Crippen molar-refractivity contribution in [2.24, 2.45) is 0 Å². The van der Waals surface area contributed by atoms with Crippen LogP contribution in [0, 0.1) is 0 Å². The number of nitrogens with zero attached hydrogens (tertiary/aromatic N) is 5. The number of amides is 1. The number of aromatic nitrogens is 5. The minimum Gasteiger partial charge on any atom is -0.316 e. The van der Waals surface area contributed by atoms with Crippen LogP contribution in [0.2, 0.25) is 0 Å². The fourth-order valence-corrected chi connectivity index (χ4v) is 3.37. The van der Waals surface area contributed by atoms with Crippen molar-refractivity contribution >= 4 is 11.7 Å². The lowest BCUT2D eigenvalue weighted by Crippen LogP contribution is -2.31. The van der Waals surface area contributed by atoms with Gasteiger partial charge in [0.2, 0.25) is 5.91 Å². The third-order valence-corrected chi connectivity index (χ3v) is 4.66. The van der Waals surface area contributed by atoms with Crippen molar-refractivity contribution < 1.29 is 4.79 Å². The summed E-state index contributed by atoms with van der Waals surface area (Å²) in [5.74, 6) is 0.745. The molecule has 0 radical (unpaired) electrons. The van der Waals surface area contributed by atoms with E-state index in [1.165, 1.54) is 23.3 Å². The van der Waals surface area contributed by atoms with Crippen LogP contribution in [0.1, 0.15) is 24.6 Å². The van der Waals surface area contributed by atoms with Crippen LogP contribution in [-0.2, 0) is 11.3 Å². The van der Waals surface area contributed by atoms with E-state index in [1.807, 2.05) is 30.3 Å². The molecule has 3 aromatic rings. The number of benzene rings is 1. The molecule has 28 heavy (non-hydrogen) atoms. The average Bonchev–Trinajstić information content (AvgIpc) is 3.06. The zero-order chi connectivity index (χ0) is 19.3. The largest absolute Gasteiger partial charge is 0.351 e. The van der Waals surface area contributed by atoms with Gasteiger partial charge in [0.05, 0.1) is 11.9 Å². The van der Waals surface area contributed by atoms with Gasteiger partial charge in [-0.25, -0.2) is 19.0 Å². The Kier molecular flexibility index (Phi) is 5.24. The summed E-state index contributed by atoms with van der Waals surface area (Å²) in [6, 6.07) is 9.39. The van der Waals surface area contributed by atoms with Crippen LogP contribution in [0.3, 0.4) is 0 Å². The first-order valence-electron chi connectivity index (χ1n) is 9.24. The quantitative estimate of drug-likeness (QED) is 0.683. The van der Waals surface area contributed by atoms with Crippen LogP contribution in [0.25, 0.3) is 5.69 Å². The molecule has 0 saturated carbocycles. The Morgan fingerprint density at radius 1 is 1.25 bits per heavy atom.